The smallest absolute Gasteiger partial charge is 0.296 e. The van der Waals surface area contributed by atoms with Crippen LogP contribution in [0.1, 0.15) is 5.56 Å². The molecule has 14 heteroatoms. The van der Waals surface area contributed by atoms with E-state index >= 15 is 0 Å². The van der Waals surface area contributed by atoms with Gasteiger partial charge in [0.2, 0.25) is 0 Å². The monoisotopic (exact) mass is 622 g/mol. The molecule has 0 unspecified atom stereocenters. The molecule has 0 aliphatic rings. The van der Waals surface area contributed by atoms with E-state index < -0.39 is 26.5 Å². The number of phenolic OH excluding ortho intramolecular Hbond substituents is 1. The summed E-state index contributed by atoms with van der Waals surface area (Å²) in [7, 11) is -1.70. The van der Waals surface area contributed by atoms with Gasteiger partial charge in [0, 0.05) is 18.5 Å². The standard InChI is InChI=1S/C31H26N8O5S/c1-19-4-14-26-20(16-19)17-29(45(41,42)43)30(31(26)40)39-38-27-15-13-25(18-28(27)44-3)37-36-24-11-9-23(10-12-24)35-34-22-7-5-21(6-8-22)33-32-2/h4-18,40H,1-3H3,(H,41,42,43). The lowest BCUT2D eigenvalue weighted by Gasteiger charge is -2.10. The van der Waals surface area contributed by atoms with Gasteiger partial charge in [0.1, 0.15) is 22.0 Å². The van der Waals surface area contributed by atoms with Crippen LogP contribution in [0.25, 0.3) is 10.8 Å². The van der Waals surface area contributed by atoms with Crippen molar-refractivity contribution in [1.82, 2.24) is 0 Å². The van der Waals surface area contributed by atoms with E-state index in [1.165, 1.54) is 13.2 Å². The van der Waals surface area contributed by atoms with Gasteiger partial charge in [0.25, 0.3) is 10.1 Å². The van der Waals surface area contributed by atoms with E-state index in [4.69, 9.17) is 4.74 Å². The summed E-state index contributed by atoms with van der Waals surface area (Å²) in [5.41, 5.74) is 3.72. The van der Waals surface area contributed by atoms with Crippen molar-refractivity contribution in [1.29, 1.82) is 0 Å². The minimum absolute atomic E-state index is 0.222. The number of methoxy groups -OCH3 is 1. The van der Waals surface area contributed by atoms with Crippen LogP contribution in [0.2, 0.25) is 0 Å². The first-order chi connectivity index (χ1) is 21.6. The maximum atomic E-state index is 12.1. The highest BCUT2D eigenvalue weighted by molar-refractivity contribution is 7.86. The highest BCUT2D eigenvalue weighted by Gasteiger charge is 2.22. The van der Waals surface area contributed by atoms with Gasteiger partial charge in [-0.3, -0.25) is 4.55 Å². The van der Waals surface area contributed by atoms with Gasteiger partial charge < -0.3 is 9.84 Å². The van der Waals surface area contributed by atoms with Crippen molar-refractivity contribution in [3.63, 3.8) is 0 Å². The summed E-state index contributed by atoms with van der Waals surface area (Å²) in [5.74, 6) is -0.171. The normalized spacial score (nSPS) is 12.4. The molecule has 0 saturated carbocycles. The number of fused-ring (bicyclic) bond motifs is 1. The molecule has 0 radical (unpaired) electrons. The largest absolute Gasteiger partial charge is 0.505 e. The highest BCUT2D eigenvalue weighted by Crippen LogP contribution is 2.42. The number of ether oxygens (including phenoxy) is 1. The van der Waals surface area contributed by atoms with Crippen LogP contribution < -0.4 is 4.74 Å². The average Bonchev–Trinajstić information content (AvgIpc) is 3.03. The molecule has 0 fully saturated rings. The fourth-order valence-electron chi connectivity index (χ4n) is 4.20. The SMILES string of the molecule is CN=Nc1ccc(N=Nc2ccc(N=Nc3ccc(N=Nc4c(S(=O)(=O)O)cc5cc(C)ccc5c4O)c(OC)c3)cc2)cc1. The average molecular weight is 623 g/mol. The van der Waals surface area contributed by atoms with Gasteiger partial charge >= 0.3 is 0 Å². The predicted molar refractivity (Wildman–Crippen MR) is 169 cm³/mol. The Hall–Kier alpha value is -5.73. The summed E-state index contributed by atoms with van der Waals surface area (Å²) < 4.78 is 39.5. The molecule has 0 bridgehead atoms. The Kier molecular flexibility index (Phi) is 9.07. The van der Waals surface area contributed by atoms with Crippen LogP contribution in [0.4, 0.5) is 39.8 Å². The number of phenols is 1. The van der Waals surface area contributed by atoms with E-state index in [2.05, 4.69) is 40.9 Å². The lowest BCUT2D eigenvalue weighted by atomic mass is 10.1. The third-order valence-electron chi connectivity index (χ3n) is 6.38. The molecular weight excluding hydrogens is 596 g/mol. The number of rotatable bonds is 9. The number of azo groups is 4. The van der Waals surface area contributed by atoms with E-state index in [1.807, 2.05) is 6.92 Å². The number of nitrogens with zero attached hydrogens (tertiary/aromatic N) is 8. The second-order valence-electron chi connectivity index (χ2n) is 9.56. The molecule has 226 valence electrons. The molecule has 0 heterocycles. The Labute approximate surface area is 258 Å². The molecule has 5 rings (SSSR count). The summed E-state index contributed by atoms with van der Waals surface area (Å²) in [4.78, 5) is -0.576. The van der Waals surface area contributed by atoms with Crippen LogP contribution in [0.5, 0.6) is 11.5 Å². The molecule has 13 nitrogen and oxygen atoms in total. The molecule has 45 heavy (non-hydrogen) atoms. The van der Waals surface area contributed by atoms with Crippen molar-refractivity contribution in [3.05, 3.63) is 96.6 Å². The van der Waals surface area contributed by atoms with Gasteiger partial charge in [-0.1, -0.05) is 23.8 Å². The molecule has 0 aliphatic heterocycles. The second-order valence-corrected chi connectivity index (χ2v) is 11.0. The Bertz CT molecular complexity index is 2090. The van der Waals surface area contributed by atoms with Crippen LogP contribution in [0.15, 0.2) is 137 Å². The van der Waals surface area contributed by atoms with E-state index in [0.29, 0.717) is 33.5 Å². The van der Waals surface area contributed by atoms with Crippen molar-refractivity contribution in [3.8, 4) is 11.5 Å². The molecule has 0 atom stereocenters. The van der Waals surface area contributed by atoms with E-state index in [-0.39, 0.29) is 11.4 Å². The van der Waals surface area contributed by atoms with Gasteiger partial charge in [0.15, 0.2) is 5.75 Å². The number of benzene rings is 5. The molecular formula is C31H26N8O5S. The summed E-state index contributed by atoms with van der Waals surface area (Å²) in [6.45, 7) is 1.82. The summed E-state index contributed by atoms with van der Waals surface area (Å²) in [5, 5.41) is 44.3. The maximum Gasteiger partial charge on any atom is 0.296 e. The Morgan fingerprint density at radius 1 is 0.644 bits per heavy atom. The minimum Gasteiger partial charge on any atom is -0.505 e. The maximum absolute atomic E-state index is 12.1. The first-order valence-corrected chi connectivity index (χ1v) is 14.8. The first-order valence-electron chi connectivity index (χ1n) is 13.3. The number of aromatic hydroxyl groups is 1. The minimum atomic E-state index is -4.73. The first kappa shape index (κ1) is 30.7. The van der Waals surface area contributed by atoms with Crippen LogP contribution in [-0.4, -0.2) is 32.2 Å². The van der Waals surface area contributed by atoms with Gasteiger partial charge in [-0.2, -0.15) is 39.1 Å². The van der Waals surface area contributed by atoms with Crippen molar-refractivity contribution in [2.24, 2.45) is 40.9 Å². The highest BCUT2D eigenvalue weighted by atomic mass is 32.2. The fourth-order valence-corrected chi connectivity index (χ4v) is 4.86. The molecule has 2 N–H and O–H groups in total. The molecule has 5 aromatic carbocycles. The molecule has 0 aliphatic carbocycles. The Morgan fingerprint density at radius 3 is 1.71 bits per heavy atom. The third kappa shape index (κ3) is 7.44. The van der Waals surface area contributed by atoms with Crippen molar-refractivity contribution in [2.75, 3.05) is 14.2 Å². The molecule has 0 aromatic heterocycles. The lowest BCUT2D eigenvalue weighted by molar-refractivity contribution is 0.416. The van der Waals surface area contributed by atoms with E-state index in [9.17, 15) is 18.1 Å². The van der Waals surface area contributed by atoms with Crippen LogP contribution in [0.3, 0.4) is 0 Å². The summed E-state index contributed by atoms with van der Waals surface area (Å²) >= 11 is 0. The Morgan fingerprint density at radius 2 is 1.18 bits per heavy atom. The third-order valence-corrected chi connectivity index (χ3v) is 7.25. The summed E-state index contributed by atoms with van der Waals surface area (Å²) in [6, 6.07) is 25.2. The molecule has 0 amide bonds. The second kappa shape index (κ2) is 13.3. The quantitative estimate of drug-likeness (QED) is 0.122. The zero-order chi connectivity index (χ0) is 32.0. The van der Waals surface area contributed by atoms with Crippen LogP contribution in [-0.2, 0) is 10.1 Å². The molecule has 0 spiro atoms. The number of aryl methyl sites for hydroxylation is 1. The molecule has 0 saturated heterocycles. The van der Waals surface area contributed by atoms with Crippen molar-refractivity contribution < 1.29 is 22.8 Å². The van der Waals surface area contributed by atoms with Crippen molar-refractivity contribution in [2.45, 2.75) is 11.8 Å². The zero-order valence-corrected chi connectivity index (χ0v) is 25.1. The molecule has 5 aromatic rings. The summed E-state index contributed by atoms with van der Waals surface area (Å²) in [6.07, 6.45) is 0. The van der Waals surface area contributed by atoms with E-state index in [1.54, 1.807) is 92.0 Å². The van der Waals surface area contributed by atoms with E-state index in [0.717, 1.165) is 11.3 Å². The lowest BCUT2D eigenvalue weighted by Crippen LogP contribution is -1.99. The fraction of sp³-hybridized carbons (Fsp3) is 0.0968. The van der Waals surface area contributed by atoms with Gasteiger partial charge in [-0.25, -0.2) is 0 Å². The predicted octanol–water partition coefficient (Wildman–Crippen LogP) is 10.1. The van der Waals surface area contributed by atoms with Gasteiger partial charge in [0.05, 0.1) is 35.5 Å². The zero-order valence-electron chi connectivity index (χ0n) is 24.3. The van der Waals surface area contributed by atoms with Gasteiger partial charge in [-0.05, 0) is 79.0 Å². The topological polar surface area (TPSA) is 183 Å². The number of hydrogen-bond acceptors (Lipinski definition) is 12. The number of hydrogen-bond donors (Lipinski definition) is 2. The Balaban J connectivity index is 1.33. The van der Waals surface area contributed by atoms with Crippen LogP contribution >= 0.6 is 0 Å². The van der Waals surface area contributed by atoms with Gasteiger partial charge in [-0.15, -0.1) is 10.2 Å². The van der Waals surface area contributed by atoms with Crippen LogP contribution in [0, 0.1) is 6.92 Å². The van der Waals surface area contributed by atoms with Crippen molar-refractivity contribution >= 4 is 60.7 Å².